The van der Waals surface area contributed by atoms with Crippen molar-refractivity contribution in [2.24, 2.45) is 0 Å². The smallest absolute Gasteiger partial charge is 0.233 e. The lowest BCUT2D eigenvalue weighted by Crippen LogP contribution is -2.20. The van der Waals surface area contributed by atoms with Crippen LogP contribution in [0, 0.1) is 5.82 Å². The summed E-state index contributed by atoms with van der Waals surface area (Å²) in [7, 11) is 3.24. The summed E-state index contributed by atoms with van der Waals surface area (Å²) >= 11 is 5.75. The Morgan fingerprint density at radius 1 is 1.26 bits per heavy atom. The molecule has 2 aromatic rings. The zero-order chi connectivity index (χ0) is 13.8. The maximum atomic E-state index is 13.9. The molecule has 0 saturated heterocycles. The fourth-order valence-corrected chi connectivity index (χ4v) is 1.95. The van der Waals surface area contributed by atoms with Crippen molar-refractivity contribution in [1.82, 2.24) is 15.5 Å². The summed E-state index contributed by atoms with van der Waals surface area (Å²) in [6.07, 6.45) is 0. The highest BCUT2D eigenvalue weighted by molar-refractivity contribution is 6.30. The predicted molar refractivity (Wildman–Crippen MR) is 70.9 cm³/mol. The third kappa shape index (κ3) is 3.00. The molecule has 19 heavy (non-hydrogen) atoms. The molecule has 0 saturated carbocycles. The second-order valence-corrected chi connectivity index (χ2v) is 4.32. The molecule has 0 amide bonds. The monoisotopic (exact) mass is 281 g/mol. The Hall–Kier alpha value is -1.72. The summed E-state index contributed by atoms with van der Waals surface area (Å²) in [5.74, 6) is 0.0275. The van der Waals surface area contributed by atoms with Gasteiger partial charge in [-0.05, 0) is 25.2 Å². The van der Waals surface area contributed by atoms with Crippen LogP contribution in [-0.2, 0) is 0 Å². The van der Waals surface area contributed by atoms with E-state index in [1.807, 2.05) is 0 Å². The minimum absolute atomic E-state index is 0.358. The fourth-order valence-electron chi connectivity index (χ4n) is 1.79. The van der Waals surface area contributed by atoms with E-state index in [-0.39, 0.29) is 5.82 Å². The van der Waals surface area contributed by atoms with Crippen molar-refractivity contribution in [3.05, 3.63) is 52.4 Å². The fraction of sp³-hybridized carbons (Fsp3) is 0.231. The molecule has 0 aliphatic rings. The van der Waals surface area contributed by atoms with Crippen LogP contribution in [0.25, 0.3) is 0 Å². The van der Waals surface area contributed by atoms with Crippen molar-refractivity contribution in [3.8, 4) is 5.88 Å². The van der Waals surface area contributed by atoms with E-state index in [9.17, 15) is 4.39 Å². The number of nitrogens with one attached hydrogen (secondary N) is 1. The average molecular weight is 282 g/mol. The molecule has 1 unspecified atom stereocenters. The summed E-state index contributed by atoms with van der Waals surface area (Å²) < 4.78 is 18.9. The largest absolute Gasteiger partial charge is 0.480 e. The van der Waals surface area contributed by atoms with Gasteiger partial charge < -0.3 is 10.1 Å². The van der Waals surface area contributed by atoms with Crippen molar-refractivity contribution in [2.75, 3.05) is 14.2 Å². The molecular weight excluding hydrogens is 269 g/mol. The van der Waals surface area contributed by atoms with Crippen molar-refractivity contribution in [1.29, 1.82) is 0 Å². The van der Waals surface area contributed by atoms with Gasteiger partial charge in [0.1, 0.15) is 5.82 Å². The zero-order valence-electron chi connectivity index (χ0n) is 10.5. The number of rotatable bonds is 4. The molecule has 0 aliphatic heterocycles. The minimum Gasteiger partial charge on any atom is -0.480 e. The molecule has 1 aromatic carbocycles. The molecule has 2 rings (SSSR count). The highest BCUT2D eigenvalue weighted by Gasteiger charge is 2.18. The van der Waals surface area contributed by atoms with Crippen LogP contribution in [0.5, 0.6) is 5.88 Å². The lowest BCUT2D eigenvalue weighted by Gasteiger charge is -2.16. The van der Waals surface area contributed by atoms with E-state index in [0.717, 1.165) is 0 Å². The first-order chi connectivity index (χ1) is 9.15. The van der Waals surface area contributed by atoms with E-state index < -0.39 is 6.04 Å². The van der Waals surface area contributed by atoms with E-state index in [1.165, 1.54) is 13.2 Å². The molecule has 0 fully saturated rings. The van der Waals surface area contributed by atoms with Gasteiger partial charge in [-0.3, -0.25) is 0 Å². The zero-order valence-corrected chi connectivity index (χ0v) is 11.3. The van der Waals surface area contributed by atoms with Gasteiger partial charge in [-0.2, -0.15) is 0 Å². The van der Waals surface area contributed by atoms with Crippen LogP contribution in [-0.4, -0.2) is 24.4 Å². The molecule has 6 heteroatoms. The van der Waals surface area contributed by atoms with Gasteiger partial charge in [0.2, 0.25) is 5.88 Å². The van der Waals surface area contributed by atoms with E-state index in [2.05, 4.69) is 15.5 Å². The number of benzene rings is 1. The number of ether oxygens (including phenoxy) is 1. The summed E-state index contributed by atoms with van der Waals surface area (Å²) in [6, 6.07) is 7.57. The molecule has 0 aliphatic carbocycles. The van der Waals surface area contributed by atoms with Gasteiger partial charge >= 0.3 is 0 Å². The summed E-state index contributed by atoms with van der Waals surface area (Å²) in [6.45, 7) is 0. The van der Waals surface area contributed by atoms with Crippen LogP contribution in [0.4, 0.5) is 4.39 Å². The number of nitrogens with zero attached hydrogens (tertiary/aromatic N) is 2. The SMILES string of the molecule is CNC(c1ccc(OC)nn1)c1ccc(Cl)cc1F. The van der Waals surface area contributed by atoms with E-state index in [4.69, 9.17) is 16.3 Å². The number of hydrogen-bond acceptors (Lipinski definition) is 4. The lowest BCUT2D eigenvalue weighted by atomic mass is 10.0. The molecule has 1 atom stereocenters. The first-order valence-electron chi connectivity index (χ1n) is 5.65. The molecule has 0 bridgehead atoms. The number of hydrogen-bond donors (Lipinski definition) is 1. The Labute approximate surface area is 115 Å². The highest BCUT2D eigenvalue weighted by Crippen LogP contribution is 2.25. The molecule has 0 spiro atoms. The first-order valence-corrected chi connectivity index (χ1v) is 6.03. The average Bonchev–Trinajstić information content (AvgIpc) is 2.42. The quantitative estimate of drug-likeness (QED) is 0.936. The minimum atomic E-state index is -0.393. The molecular formula is C13H13ClFN3O. The second-order valence-electron chi connectivity index (χ2n) is 3.89. The Kier molecular flexibility index (Phi) is 4.29. The summed E-state index contributed by atoms with van der Waals surface area (Å²) in [5.41, 5.74) is 1.07. The van der Waals surface area contributed by atoms with Crippen LogP contribution in [0.15, 0.2) is 30.3 Å². The van der Waals surface area contributed by atoms with Crippen LogP contribution >= 0.6 is 11.6 Å². The normalized spacial score (nSPS) is 12.2. The van der Waals surface area contributed by atoms with Crippen molar-refractivity contribution >= 4 is 11.6 Å². The molecule has 1 N–H and O–H groups in total. The van der Waals surface area contributed by atoms with Gasteiger partial charge in [0, 0.05) is 16.7 Å². The Morgan fingerprint density at radius 2 is 2.05 bits per heavy atom. The van der Waals surface area contributed by atoms with Gasteiger partial charge in [-0.1, -0.05) is 17.7 Å². The predicted octanol–water partition coefficient (Wildman–Crippen LogP) is 2.59. The van der Waals surface area contributed by atoms with Gasteiger partial charge in [-0.25, -0.2) is 4.39 Å². The third-order valence-corrected chi connectivity index (χ3v) is 2.96. The lowest BCUT2D eigenvalue weighted by molar-refractivity contribution is 0.390. The van der Waals surface area contributed by atoms with E-state index >= 15 is 0 Å². The Morgan fingerprint density at radius 3 is 2.58 bits per heavy atom. The van der Waals surface area contributed by atoms with Gasteiger partial charge in [0.25, 0.3) is 0 Å². The van der Waals surface area contributed by atoms with Crippen LogP contribution < -0.4 is 10.1 Å². The highest BCUT2D eigenvalue weighted by atomic mass is 35.5. The molecule has 100 valence electrons. The van der Waals surface area contributed by atoms with Crippen molar-refractivity contribution < 1.29 is 9.13 Å². The van der Waals surface area contributed by atoms with Crippen LogP contribution in [0.1, 0.15) is 17.3 Å². The summed E-state index contributed by atoms with van der Waals surface area (Å²) in [4.78, 5) is 0. The van der Waals surface area contributed by atoms with Gasteiger partial charge in [-0.15, -0.1) is 10.2 Å². The maximum absolute atomic E-state index is 13.9. The Bertz CT molecular complexity index is 562. The first kappa shape index (κ1) is 13.7. The standard InChI is InChI=1S/C13H13ClFN3O/c1-16-13(9-4-3-8(14)7-10(9)15)11-5-6-12(19-2)18-17-11/h3-7,13,16H,1-2H3. The molecule has 4 nitrogen and oxygen atoms in total. The number of halogens is 2. The topological polar surface area (TPSA) is 47.0 Å². The molecule has 1 aromatic heterocycles. The number of methoxy groups -OCH3 is 1. The second kappa shape index (κ2) is 5.95. The molecule has 0 radical (unpaired) electrons. The van der Waals surface area contributed by atoms with Gasteiger partial charge in [0.15, 0.2) is 0 Å². The summed E-state index contributed by atoms with van der Waals surface area (Å²) in [5, 5.41) is 11.3. The van der Waals surface area contributed by atoms with Crippen LogP contribution in [0.3, 0.4) is 0 Å². The number of aromatic nitrogens is 2. The third-order valence-electron chi connectivity index (χ3n) is 2.73. The van der Waals surface area contributed by atoms with Crippen molar-refractivity contribution in [3.63, 3.8) is 0 Å². The van der Waals surface area contributed by atoms with Gasteiger partial charge in [0.05, 0.1) is 18.8 Å². The van der Waals surface area contributed by atoms with Crippen molar-refractivity contribution in [2.45, 2.75) is 6.04 Å². The van der Waals surface area contributed by atoms with E-state index in [1.54, 1.807) is 31.3 Å². The van der Waals surface area contributed by atoms with E-state index in [0.29, 0.717) is 22.2 Å². The van der Waals surface area contributed by atoms with Crippen LogP contribution in [0.2, 0.25) is 5.02 Å². The molecule has 1 heterocycles. The maximum Gasteiger partial charge on any atom is 0.233 e. The Balaban J connectivity index is 2.37.